The smallest absolute Gasteiger partial charge is 0.228 e. The van der Waals surface area contributed by atoms with E-state index < -0.39 is 0 Å². The van der Waals surface area contributed by atoms with Crippen molar-refractivity contribution >= 4 is 39.7 Å². The maximum absolute atomic E-state index is 5.48. The zero-order valence-corrected chi connectivity index (χ0v) is 21.7. The molecule has 1 aliphatic rings. The van der Waals surface area contributed by atoms with Crippen LogP contribution in [0, 0.1) is 0 Å². The Labute approximate surface area is 217 Å². The molecule has 0 bridgehead atoms. The van der Waals surface area contributed by atoms with Gasteiger partial charge in [0, 0.05) is 56.4 Å². The maximum atomic E-state index is 5.48. The highest BCUT2D eigenvalue weighted by Gasteiger charge is 2.20. The van der Waals surface area contributed by atoms with Crippen LogP contribution in [0.3, 0.4) is 0 Å². The summed E-state index contributed by atoms with van der Waals surface area (Å²) in [7, 11) is 7.33. The van der Waals surface area contributed by atoms with Gasteiger partial charge in [-0.05, 0) is 42.5 Å². The molecule has 0 saturated heterocycles. The summed E-state index contributed by atoms with van der Waals surface area (Å²) in [6.07, 6.45) is 3.15. The molecule has 0 radical (unpaired) electrons. The molecule has 8 nitrogen and oxygen atoms in total. The Kier molecular flexibility index (Phi) is 6.98. The molecule has 0 aliphatic carbocycles. The Morgan fingerprint density at radius 2 is 1.70 bits per heavy atom. The molecule has 4 aromatic rings. The second kappa shape index (κ2) is 10.7. The van der Waals surface area contributed by atoms with Crippen molar-refractivity contribution in [1.82, 2.24) is 9.97 Å². The van der Waals surface area contributed by atoms with Gasteiger partial charge in [0.2, 0.25) is 5.95 Å². The predicted molar refractivity (Wildman–Crippen MR) is 152 cm³/mol. The number of nitrogens with one attached hydrogen (secondary N) is 2. The number of aromatic nitrogens is 2. The van der Waals surface area contributed by atoms with E-state index in [4.69, 9.17) is 19.4 Å². The van der Waals surface area contributed by atoms with Crippen molar-refractivity contribution in [3.05, 3.63) is 78.5 Å². The Morgan fingerprint density at radius 1 is 0.919 bits per heavy atom. The quantitative estimate of drug-likeness (QED) is 0.324. The summed E-state index contributed by atoms with van der Waals surface area (Å²) in [6, 6.07) is 22.1. The molecule has 0 unspecified atom stereocenters. The van der Waals surface area contributed by atoms with Crippen LogP contribution in [0.4, 0.5) is 28.8 Å². The Hall–Kier alpha value is -4.46. The van der Waals surface area contributed by atoms with Gasteiger partial charge in [-0.2, -0.15) is 4.98 Å². The van der Waals surface area contributed by atoms with Crippen molar-refractivity contribution in [2.24, 2.45) is 0 Å². The summed E-state index contributed by atoms with van der Waals surface area (Å²) >= 11 is 0. The lowest BCUT2D eigenvalue weighted by Crippen LogP contribution is -2.34. The fourth-order valence-electron chi connectivity index (χ4n) is 4.63. The molecule has 0 atom stereocenters. The number of fused-ring (bicyclic) bond motifs is 1. The Balaban J connectivity index is 1.42. The Bertz CT molecular complexity index is 1440. The molecule has 190 valence electrons. The van der Waals surface area contributed by atoms with Crippen LogP contribution in [0.2, 0.25) is 0 Å². The van der Waals surface area contributed by atoms with Gasteiger partial charge < -0.3 is 29.9 Å². The zero-order chi connectivity index (χ0) is 25.8. The predicted octanol–water partition coefficient (Wildman–Crippen LogP) is 5.66. The highest BCUT2D eigenvalue weighted by Crippen LogP contribution is 2.34. The second-order valence-corrected chi connectivity index (χ2v) is 8.80. The van der Waals surface area contributed by atoms with Gasteiger partial charge in [-0.1, -0.05) is 24.3 Å². The highest BCUT2D eigenvalue weighted by atomic mass is 16.5. The third-order valence-corrected chi connectivity index (χ3v) is 6.67. The standard InChI is InChI=1S/C29H32N6O2/c1-30-24-11-7-8-12-25(24)34(2)21-15-17-35(18-16-21)29-32-23-10-6-5-9-22(23)28(33-29)31-20-13-14-26(36-3)27(19-20)37-4/h5-15,19,30H,16-18H2,1-4H3,(H,31,32,33). The van der Waals surface area contributed by atoms with Gasteiger partial charge in [-0.25, -0.2) is 4.98 Å². The van der Waals surface area contributed by atoms with E-state index in [1.54, 1.807) is 14.2 Å². The lowest BCUT2D eigenvalue weighted by Gasteiger charge is -2.32. The number of rotatable bonds is 8. The minimum Gasteiger partial charge on any atom is -0.493 e. The first-order valence-corrected chi connectivity index (χ1v) is 12.3. The van der Waals surface area contributed by atoms with Gasteiger partial charge in [0.05, 0.1) is 31.1 Å². The molecule has 1 aliphatic heterocycles. The third kappa shape index (κ3) is 4.95. The number of hydrogen-bond donors (Lipinski definition) is 2. The number of nitrogens with zero attached hydrogens (tertiary/aromatic N) is 4. The summed E-state index contributed by atoms with van der Waals surface area (Å²) in [4.78, 5) is 14.3. The van der Waals surface area contributed by atoms with Gasteiger partial charge in [-0.15, -0.1) is 0 Å². The lowest BCUT2D eigenvalue weighted by molar-refractivity contribution is 0.355. The summed E-state index contributed by atoms with van der Waals surface area (Å²) in [5, 5.41) is 7.71. The van der Waals surface area contributed by atoms with E-state index in [0.29, 0.717) is 17.4 Å². The largest absolute Gasteiger partial charge is 0.493 e. The van der Waals surface area contributed by atoms with Gasteiger partial charge in [0.15, 0.2) is 11.5 Å². The van der Waals surface area contributed by atoms with Crippen LogP contribution in [0.1, 0.15) is 6.42 Å². The van der Waals surface area contributed by atoms with Crippen LogP contribution >= 0.6 is 0 Å². The second-order valence-electron chi connectivity index (χ2n) is 8.80. The van der Waals surface area contributed by atoms with E-state index in [9.17, 15) is 0 Å². The molecule has 0 amide bonds. The third-order valence-electron chi connectivity index (χ3n) is 6.67. The zero-order valence-electron chi connectivity index (χ0n) is 21.7. The average molecular weight is 497 g/mol. The number of methoxy groups -OCH3 is 2. The molecule has 0 fully saturated rings. The van der Waals surface area contributed by atoms with Gasteiger partial charge >= 0.3 is 0 Å². The van der Waals surface area contributed by atoms with E-state index in [1.165, 1.54) is 5.70 Å². The van der Waals surface area contributed by atoms with E-state index in [2.05, 4.69) is 51.8 Å². The maximum Gasteiger partial charge on any atom is 0.228 e. The van der Waals surface area contributed by atoms with Gasteiger partial charge in [0.1, 0.15) is 5.82 Å². The van der Waals surface area contributed by atoms with Gasteiger partial charge in [-0.3, -0.25) is 0 Å². The van der Waals surface area contributed by atoms with Crippen LogP contribution in [0.15, 0.2) is 78.5 Å². The molecule has 1 aromatic heterocycles. The number of hydrogen-bond acceptors (Lipinski definition) is 8. The van der Waals surface area contributed by atoms with E-state index in [1.807, 2.05) is 55.6 Å². The summed E-state index contributed by atoms with van der Waals surface area (Å²) in [5.74, 6) is 2.79. The summed E-state index contributed by atoms with van der Waals surface area (Å²) < 4.78 is 10.9. The molecule has 5 rings (SSSR count). The molecular formula is C29H32N6O2. The Morgan fingerprint density at radius 3 is 2.46 bits per heavy atom. The number of para-hydroxylation sites is 3. The molecule has 8 heteroatoms. The van der Waals surface area contributed by atoms with Crippen molar-refractivity contribution in [3.8, 4) is 11.5 Å². The van der Waals surface area contributed by atoms with Crippen LogP contribution in [-0.2, 0) is 0 Å². The lowest BCUT2D eigenvalue weighted by atomic mass is 10.1. The molecule has 0 saturated carbocycles. The fraction of sp³-hybridized carbons (Fsp3) is 0.241. The molecule has 2 N–H and O–H groups in total. The monoisotopic (exact) mass is 496 g/mol. The normalized spacial score (nSPS) is 13.2. The van der Waals surface area contributed by atoms with Crippen molar-refractivity contribution < 1.29 is 9.47 Å². The summed E-state index contributed by atoms with van der Waals surface area (Å²) in [6.45, 7) is 1.56. The fourth-order valence-corrected chi connectivity index (χ4v) is 4.63. The van der Waals surface area contributed by atoms with E-state index in [0.717, 1.165) is 53.3 Å². The van der Waals surface area contributed by atoms with Crippen LogP contribution < -0.4 is 29.9 Å². The molecule has 3 aromatic carbocycles. The molecule has 37 heavy (non-hydrogen) atoms. The SMILES string of the molecule is CNc1ccccc1N(C)C1=CCN(c2nc(Nc3ccc(OC)c(OC)c3)c3ccccc3n2)CC1. The highest BCUT2D eigenvalue weighted by molar-refractivity contribution is 5.92. The minimum absolute atomic E-state index is 0.656. The van der Waals surface area contributed by atoms with E-state index >= 15 is 0 Å². The number of anilines is 5. The number of benzene rings is 3. The summed E-state index contributed by atoms with van der Waals surface area (Å²) in [5.41, 5.74) is 5.30. The molecule has 0 spiro atoms. The minimum atomic E-state index is 0.656. The average Bonchev–Trinajstić information content (AvgIpc) is 2.96. The molecule has 2 heterocycles. The van der Waals surface area contributed by atoms with Crippen molar-refractivity contribution in [2.45, 2.75) is 6.42 Å². The first-order chi connectivity index (χ1) is 18.1. The van der Waals surface area contributed by atoms with Gasteiger partial charge in [0.25, 0.3) is 0 Å². The van der Waals surface area contributed by atoms with Crippen molar-refractivity contribution in [2.75, 3.05) is 61.8 Å². The first kappa shape index (κ1) is 24.2. The van der Waals surface area contributed by atoms with Crippen LogP contribution in [0.25, 0.3) is 10.9 Å². The topological polar surface area (TPSA) is 74.8 Å². The van der Waals surface area contributed by atoms with E-state index in [-0.39, 0.29) is 0 Å². The number of ether oxygens (including phenoxy) is 2. The first-order valence-electron chi connectivity index (χ1n) is 12.3. The van der Waals surface area contributed by atoms with Crippen molar-refractivity contribution in [1.29, 1.82) is 0 Å². The van der Waals surface area contributed by atoms with Crippen molar-refractivity contribution in [3.63, 3.8) is 0 Å². The molecular weight excluding hydrogens is 464 g/mol. The van der Waals surface area contributed by atoms with Crippen LogP contribution in [-0.4, -0.2) is 51.4 Å². The van der Waals surface area contributed by atoms with Crippen LogP contribution in [0.5, 0.6) is 11.5 Å².